The molecule has 0 bridgehead atoms. The number of hydrogen-bond acceptors (Lipinski definition) is 4. The molecule has 3 nitrogen and oxygen atoms in total. The van der Waals surface area contributed by atoms with Gasteiger partial charge in [0.05, 0.1) is 25.3 Å². The summed E-state index contributed by atoms with van der Waals surface area (Å²) >= 11 is 14.3. The minimum absolute atomic E-state index is 0.0743. The van der Waals surface area contributed by atoms with Crippen LogP contribution in [0.2, 0.25) is 10.0 Å². The Kier molecular flexibility index (Phi) is 5.76. The van der Waals surface area contributed by atoms with E-state index in [-0.39, 0.29) is 6.04 Å². The van der Waals surface area contributed by atoms with Crippen molar-refractivity contribution in [3.8, 4) is 11.5 Å². The molecule has 0 aliphatic heterocycles. The summed E-state index contributed by atoms with van der Waals surface area (Å²) in [6, 6.07) is 5.47. The number of nitrogens with one attached hydrogen (secondary N) is 1. The predicted octanol–water partition coefficient (Wildman–Crippen LogP) is 4.77. The molecule has 2 aromatic rings. The number of halogens is 2. The van der Waals surface area contributed by atoms with Gasteiger partial charge in [-0.3, -0.25) is 0 Å². The lowest BCUT2D eigenvalue weighted by molar-refractivity contribution is 0.354. The van der Waals surface area contributed by atoms with Gasteiger partial charge in [-0.1, -0.05) is 30.1 Å². The Morgan fingerprint density at radius 2 is 1.81 bits per heavy atom. The van der Waals surface area contributed by atoms with Gasteiger partial charge in [-0.25, -0.2) is 0 Å². The molecule has 0 amide bonds. The quantitative estimate of drug-likeness (QED) is 0.817. The van der Waals surface area contributed by atoms with Crippen molar-refractivity contribution in [2.24, 2.45) is 0 Å². The molecule has 0 aliphatic rings. The Bertz CT molecular complexity index is 616. The van der Waals surface area contributed by atoms with Crippen LogP contribution in [-0.4, -0.2) is 20.8 Å². The van der Waals surface area contributed by atoms with E-state index in [4.69, 9.17) is 32.7 Å². The standard InChI is InChI=1S/C15H17Cl2NO2S/c1-4-18-14(15-10(16)5-6-21-15)9-7-12(19-2)13(20-3)8-11(9)17/h5-8,14,18H,4H2,1-3H3. The van der Waals surface area contributed by atoms with Crippen LogP contribution in [0.1, 0.15) is 23.4 Å². The third-order valence-electron chi connectivity index (χ3n) is 3.13. The first-order valence-electron chi connectivity index (χ1n) is 6.50. The third kappa shape index (κ3) is 3.46. The largest absolute Gasteiger partial charge is 0.493 e. The highest BCUT2D eigenvalue weighted by Crippen LogP contribution is 2.40. The van der Waals surface area contributed by atoms with Gasteiger partial charge in [0.15, 0.2) is 11.5 Å². The van der Waals surface area contributed by atoms with E-state index in [1.807, 2.05) is 24.4 Å². The van der Waals surface area contributed by atoms with Crippen molar-refractivity contribution in [3.63, 3.8) is 0 Å². The topological polar surface area (TPSA) is 30.5 Å². The van der Waals surface area contributed by atoms with E-state index in [1.54, 1.807) is 31.6 Å². The molecule has 0 fully saturated rings. The highest BCUT2D eigenvalue weighted by molar-refractivity contribution is 7.10. The second-order valence-corrected chi connectivity index (χ2v) is 6.11. The van der Waals surface area contributed by atoms with E-state index in [1.165, 1.54) is 0 Å². The van der Waals surface area contributed by atoms with Crippen molar-refractivity contribution in [3.05, 3.63) is 44.1 Å². The zero-order valence-corrected chi connectivity index (χ0v) is 14.4. The maximum absolute atomic E-state index is 6.42. The molecule has 1 N–H and O–H groups in total. The number of thiophene rings is 1. The Morgan fingerprint density at radius 1 is 1.14 bits per heavy atom. The molecular formula is C15H17Cl2NO2S. The van der Waals surface area contributed by atoms with Crippen LogP contribution in [0.4, 0.5) is 0 Å². The molecule has 0 radical (unpaired) electrons. The van der Waals surface area contributed by atoms with E-state index in [2.05, 4.69) is 5.32 Å². The fraction of sp³-hybridized carbons (Fsp3) is 0.333. The summed E-state index contributed by atoms with van der Waals surface area (Å²) in [6.07, 6.45) is 0. The van der Waals surface area contributed by atoms with Crippen molar-refractivity contribution in [2.45, 2.75) is 13.0 Å². The summed E-state index contributed by atoms with van der Waals surface area (Å²) in [5.41, 5.74) is 0.917. The van der Waals surface area contributed by atoms with Gasteiger partial charge in [0.1, 0.15) is 0 Å². The smallest absolute Gasteiger partial charge is 0.162 e. The van der Waals surface area contributed by atoms with Crippen LogP contribution in [0.5, 0.6) is 11.5 Å². The maximum Gasteiger partial charge on any atom is 0.162 e. The van der Waals surface area contributed by atoms with Gasteiger partial charge in [0.2, 0.25) is 0 Å². The molecule has 21 heavy (non-hydrogen) atoms. The van der Waals surface area contributed by atoms with Gasteiger partial charge in [0.25, 0.3) is 0 Å². The summed E-state index contributed by atoms with van der Waals surface area (Å²) in [4.78, 5) is 1.03. The van der Waals surface area contributed by atoms with Crippen LogP contribution in [0.3, 0.4) is 0 Å². The fourth-order valence-corrected chi connectivity index (χ4v) is 3.67. The first-order chi connectivity index (χ1) is 10.1. The molecule has 0 spiro atoms. The van der Waals surface area contributed by atoms with Gasteiger partial charge in [0, 0.05) is 16.0 Å². The third-order valence-corrected chi connectivity index (χ3v) is 4.88. The number of methoxy groups -OCH3 is 2. The fourth-order valence-electron chi connectivity index (χ4n) is 2.15. The van der Waals surface area contributed by atoms with Gasteiger partial charge in [-0.05, 0) is 29.6 Å². The predicted molar refractivity (Wildman–Crippen MR) is 89.4 cm³/mol. The molecule has 1 heterocycles. The van der Waals surface area contributed by atoms with Gasteiger partial charge in [-0.15, -0.1) is 11.3 Å². The van der Waals surface area contributed by atoms with Crippen molar-refractivity contribution in [2.75, 3.05) is 20.8 Å². The van der Waals surface area contributed by atoms with Crippen molar-refractivity contribution in [1.29, 1.82) is 0 Å². The Morgan fingerprint density at radius 3 is 2.33 bits per heavy atom. The lowest BCUT2D eigenvalue weighted by Gasteiger charge is -2.21. The van der Waals surface area contributed by atoms with Crippen molar-refractivity contribution >= 4 is 34.5 Å². The Hall–Kier alpha value is -0.940. The summed E-state index contributed by atoms with van der Waals surface area (Å²) in [5, 5.41) is 6.73. The van der Waals surface area contributed by atoms with Crippen molar-refractivity contribution < 1.29 is 9.47 Å². The number of ether oxygens (including phenoxy) is 2. The molecule has 1 aromatic carbocycles. The number of benzene rings is 1. The Labute approximate surface area is 138 Å². The zero-order valence-electron chi connectivity index (χ0n) is 12.1. The van der Waals surface area contributed by atoms with Crippen LogP contribution in [0.15, 0.2) is 23.6 Å². The van der Waals surface area contributed by atoms with Crippen LogP contribution >= 0.6 is 34.5 Å². The van der Waals surface area contributed by atoms with E-state index in [0.29, 0.717) is 16.5 Å². The SMILES string of the molecule is CCNC(c1cc(OC)c(OC)cc1Cl)c1sccc1Cl. The molecule has 114 valence electrons. The second kappa shape index (κ2) is 7.36. The van der Waals surface area contributed by atoms with Crippen LogP contribution in [0, 0.1) is 0 Å². The molecule has 1 aromatic heterocycles. The highest BCUT2D eigenvalue weighted by Gasteiger charge is 2.22. The summed E-state index contributed by atoms with van der Waals surface area (Å²) < 4.78 is 10.6. The van der Waals surface area contributed by atoms with Crippen LogP contribution < -0.4 is 14.8 Å². The number of hydrogen-bond donors (Lipinski definition) is 1. The normalized spacial score (nSPS) is 12.2. The molecule has 2 rings (SSSR count). The summed E-state index contributed by atoms with van der Waals surface area (Å²) in [7, 11) is 3.20. The lowest BCUT2D eigenvalue weighted by Crippen LogP contribution is -2.21. The van der Waals surface area contributed by atoms with Crippen LogP contribution in [-0.2, 0) is 0 Å². The number of rotatable bonds is 6. The average Bonchev–Trinajstić information content (AvgIpc) is 2.90. The minimum atomic E-state index is -0.0743. The molecule has 1 unspecified atom stereocenters. The van der Waals surface area contributed by atoms with E-state index in [0.717, 1.165) is 22.0 Å². The molecule has 0 saturated carbocycles. The van der Waals surface area contributed by atoms with E-state index >= 15 is 0 Å². The molecular weight excluding hydrogens is 329 g/mol. The average molecular weight is 346 g/mol. The molecule has 0 aliphatic carbocycles. The minimum Gasteiger partial charge on any atom is -0.493 e. The van der Waals surface area contributed by atoms with Gasteiger partial charge in [-0.2, -0.15) is 0 Å². The summed E-state index contributed by atoms with van der Waals surface area (Å²) in [6.45, 7) is 2.84. The monoisotopic (exact) mass is 345 g/mol. The maximum atomic E-state index is 6.42. The van der Waals surface area contributed by atoms with Crippen molar-refractivity contribution in [1.82, 2.24) is 5.32 Å². The molecule has 6 heteroatoms. The molecule has 0 saturated heterocycles. The van der Waals surface area contributed by atoms with Crippen LogP contribution in [0.25, 0.3) is 0 Å². The first kappa shape index (κ1) is 16.4. The second-order valence-electron chi connectivity index (χ2n) is 4.35. The van der Waals surface area contributed by atoms with Gasteiger partial charge >= 0.3 is 0 Å². The summed E-state index contributed by atoms with van der Waals surface area (Å²) in [5.74, 6) is 1.26. The zero-order chi connectivity index (χ0) is 15.4. The molecule has 1 atom stereocenters. The lowest BCUT2D eigenvalue weighted by atomic mass is 10.0. The first-order valence-corrected chi connectivity index (χ1v) is 8.13. The van der Waals surface area contributed by atoms with E-state index < -0.39 is 0 Å². The highest BCUT2D eigenvalue weighted by atomic mass is 35.5. The van der Waals surface area contributed by atoms with Gasteiger partial charge < -0.3 is 14.8 Å². The van der Waals surface area contributed by atoms with E-state index in [9.17, 15) is 0 Å². The Balaban J connectivity index is 2.53.